The van der Waals surface area contributed by atoms with Crippen molar-refractivity contribution in [2.75, 3.05) is 0 Å². The molecular formula is C25H27FO3. The number of Topliss-reactive ketones (excluding diaryl/α,β-unsaturated/α-hetero) is 2. The molecule has 2 aromatic rings. The molecule has 4 heteroatoms. The summed E-state index contributed by atoms with van der Waals surface area (Å²) in [5, 5.41) is 0. The molecule has 1 aliphatic carbocycles. The van der Waals surface area contributed by atoms with Crippen LogP contribution >= 0.6 is 0 Å². The van der Waals surface area contributed by atoms with E-state index in [1.807, 2.05) is 25.1 Å². The summed E-state index contributed by atoms with van der Waals surface area (Å²) in [5.41, 5.74) is 1.81. The van der Waals surface area contributed by atoms with E-state index in [2.05, 4.69) is 0 Å². The topological polar surface area (TPSA) is 43.4 Å². The van der Waals surface area contributed by atoms with Crippen molar-refractivity contribution in [1.82, 2.24) is 0 Å². The van der Waals surface area contributed by atoms with Gasteiger partial charge < -0.3 is 4.74 Å². The smallest absolute Gasteiger partial charge is 0.179 e. The van der Waals surface area contributed by atoms with Crippen molar-refractivity contribution >= 4 is 11.6 Å². The maximum absolute atomic E-state index is 13.5. The molecule has 1 aliphatic heterocycles. The first-order chi connectivity index (χ1) is 13.8. The van der Waals surface area contributed by atoms with Crippen LogP contribution in [0.1, 0.15) is 63.5 Å². The van der Waals surface area contributed by atoms with E-state index in [0.29, 0.717) is 19.3 Å². The quantitative estimate of drug-likeness (QED) is 0.655. The molecule has 0 aromatic heterocycles. The number of benzene rings is 2. The molecular weight excluding hydrogens is 367 g/mol. The molecule has 1 saturated heterocycles. The van der Waals surface area contributed by atoms with E-state index in [-0.39, 0.29) is 17.4 Å². The maximum atomic E-state index is 13.5. The van der Waals surface area contributed by atoms with E-state index >= 15 is 0 Å². The second-order valence-electron chi connectivity index (χ2n) is 8.75. The Morgan fingerprint density at radius 2 is 1.59 bits per heavy atom. The number of halogens is 1. The van der Waals surface area contributed by atoms with Gasteiger partial charge in [-0.15, -0.1) is 0 Å². The molecule has 1 heterocycles. The van der Waals surface area contributed by atoms with Crippen LogP contribution in [-0.4, -0.2) is 22.8 Å². The van der Waals surface area contributed by atoms with Gasteiger partial charge in [-0.3, -0.25) is 9.59 Å². The first-order valence-electron chi connectivity index (χ1n) is 10.4. The predicted molar refractivity (Wildman–Crippen MR) is 110 cm³/mol. The Morgan fingerprint density at radius 1 is 0.966 bits per heavy atom. The third-order valence-corrected chi connectivity index (χ3v) is 6.44. The molecule has 1 saturated carbocycles. The lowest BCUT2D eigenvalue weighted by Crippen LogP contribution is -2.59. The molecule has 0 radical (unpaired) electrons. The van der Waals surface area contributed by atoms with Crippen LogP contribution in [0.2, 0.25) is 0 Å². The van der Waals surface area contributed by atoms with Crippen molar-refractivity contribution in [3.63, 3.8) is 0 Å². The highest BCUT2D eigenvalue weighted by Crippen LogP contribution is 2.47. The van der Waals surface area contributed by atoms with E-state index in [1.165, 1.54) is 12.1 Å². The number of rotatable bonds is 3. The van der Waals surface area contributed by atoms with Gasteiger partial charge in [0.2, 0.25) is 0 Å². The summed E-state index contributed by atoms with van der Waals surface area (Å²) >= 11 is 0. The first kappa shape index (κ1) is 20.0. The maximum Gasteiger partial charge on any atom is 0.179 e. The summed E-state index contributed by atoms with van der Waals surface area (Å²) in [7, 11) is 0. The minimum absolute atomic E-state index is 0.0800. The SMILES string of the molecule is CCc1cc(-c2ccc(F)cc2)ccc1C1C(=O)C(C)(C)OC2(CCCC2)C1=O. The molecule has 152 valence electrons. The average molecular weight is 394 g/mol. The zero-order valence-corrected chi connectivity index (χ0v) is 17.3. The zero-order chi connectivity index (χ0) is 20.8. The summed E-state index contributed by atoms with van der Waals surface area (Å²) in [4.78, 5) is 26.8. The zero-order valence-electron chi connectivity index (χ0n) is 17.3. The molecule has 3 nitrogen and oxygen atoms in total. The van der Waals surface area contributed by atoms with Gasteiger partial charge in [-0.25, -0.2) is 4.39 Å². The van der Waals surface area contributed by atoms with Gasteiger partial charge in [0.25, 0.3) is 0 Å². The largest absolute Gasteiger partial charge is 0.353 e. The van der Waals surface area contributed by atoms with Gasteiger partial charge in [0.15, 0.2) is 11.6 Å². The molecule has 4 rings (SSSR count). The molecule has 29 heavy (non-hydrogen) atoms. The number of carbonyl (C=O) groups excluding carboxylic acids is 2. The van der Waals surface area contributed by atoms with E-state index in [9.17, 15) is 14.0 Å². The Labute approximate surface area is 171 Å². The Balaban J connectivity index is 1.78. The van der Waals surface area contributed by atoms with E-state index in [4.69, 9.17) is 4.74 Å². The van der Waals surface area contributed by atoms with Crippen molar-refractivity contribution in [1.29, 1.82) is 0 Å². The Hall–Kier alpha value is -2.33. The van der Waals surface area contributed by atoms with Crippen LogP contribution in [0.15, 0.2) is 42.5 Å². The molecule has 1 unspecified atom stereocenters. The third-order valence-electron chi connectivity index (χ3n) is 6.44. The summed E-state index contributed by atoms with van der Waals surface area (Å²) in [5.74, 6) is -1.30. The van der Waals surface area contributed by atoms with Gasteiger partial charge in [-0.05, 0) is 80.3 Å². The average Bonchev–Trinajstić information content (AvgIpc) is 3.16. The van der Waals surface area contributed by atoms with Gasteiger partial charge in [0, 0.05) is 0 Å². The van der Waals surface area contributed by atoms with Crippen molar-refractivity contribution in [2.24, 2.45) is 0 Å². The molecule has 0 bridgehead atoms. The van der Waals surface area contributed by atoms with E-state index < -0.39 is 17.1 Å². The van der Waals surface area contributed by atoms with Gasteiger partial charge in [-0.2, -0.15) is 0 Å². The molecule has 1 spiro atoms. The summed E-state index contributed by atoms with van der Waals surface area (Å²) in [6, 6.07) is 12.2. The third kappa shape index (κ3) is 3.33. The summed E-state index contributed by atoms with van der Waals surface area (Å²) in [6.07, 6.45) is 3.98. The fraction of sp³-hybridized carbons (Fsp3) is 0.440. The molecule has 1 atom stereocenters. The van der Waals surface area contributed by atoms with Crippen molar-refractivity contribution in [3.05, 3.63) is 59.4 Å². The molecule has 2 aliphatic rings. The van der Waals surface area contributed by atoms with Crippen LogP contribution in [0.3, 0.4) is 0 Å². The number of ketones is 2. The summed E-state index contributed by atoms with van der Waals surface area (Å²) < 4.78 is 19.4. The lowest BCUT2D eigenvalue weighted by atomic mass is 9.72. The minimum Gasteiger partial charge on any atom is -0.353 e. The van der Waals surface area contributed by atoms with Crippen molar-refractivity contribution in [2.45, 2.75) is 70.0 Å². The van der Waals surface area contributed by atoms with Crippen LogP contribution in [0, 0.1) is 5.82 Å². The highest BCUT2D eigenvalue weighted by molar-refractivity contribution is 6.15. The second kappa shape index (κ2) is 7.17. The second-order valence-corrected chi connectivity index (χ2v) is 8.75. The van der Waals surface area contributed by atoms with Crippen molar-refractivity contribution in [3.8, 4) is 11.1 Å². The molecule has 2 aromatic carbocycles. The number of aryl methyl sites for hydroxylation is 1. The van der Waals surface area contributed by atoms with Gasteiger partial charge in [-0.1, -0.05) is 37.3 Å². The van der Waals surface area contributed by atoms with Crippen LogP contribution in [0.4, 0.5) is 4.39 Å². The standard InChI is InChI=1S/C25H27FO3/c1-4-16-15-18(17-7-10-19(26)11-8-17)9-12-20(16)21-22(27)24(2,3)29-25(23(21)28)13-5-6-14-25/h7-12,15,21H,4-6,13-14H2,1-3H3. The van der Waals surface area contributed by atoms with Crippen molar-refractivity contribution < 1.29 is 18.7 Å². The van der Waals surface area contributed by atoms with Crippen LogP contribution < -0.4 is 0 Å². The molecule has 0 amide bonds. The highest BCUT2D eigenvalue weighted by Gasteiger charge is 2.58. The summed E-state index contributed by atoms with van der Waals surface area (Å²) in [6.45, 7) is 5.60. The van der Waals surface area contributed by atoms with E-state index in [1.54, 1.807) is 26.0 Å². The van der Waals surface area contributed by atoms with Crippen LogP contribution in [-0.2, 0) is 20.7 Å². The van der Waals surface area contributed by atoms with Crippen LogP contribution in [0.5, 0.6) is 0 Å². The number of hydrogen-bond donors (Lipinski definition) is 0. The van der Waals surface area contributed by atoms with Crippen LogP contribution in [0.25, 0.3) is 11.1 Å². The Bertz CT molecular complexity index is 953. The van der Waals surface area contributed by atoms with Gasteiger partial charge in [0.05, 0.1) is 0 Å². The Kier molecular flexibility index (Phi) is 4.94. The van der Waals surface area contributed by atoms with E-state index in [0.717, 1.165) is 35.1 Å². The predicted octanol–water partition coefficient (Wildman–Crippen LogP) is 5.40. The van der Waals surface area contributed by atoms with Gasteiger partial charge >= 0.3 is 0 Å². The molecule has 0 N–H and O–H groups in total. The fourth-order valence-electron chi connectivity index (χ4n) is 4.91. The lowest BCUT2D eigenvalue weighted by molar-refractivity contribution is -0.190. The van der Waals surface area contributed by atoms with Gasteiger partial charge in [0.1, 0.15) is 22.9 Å². The number of carbonyl (C=O) groups is 2. The lowest BCUT2D eigenvalue weighted by Gasteiger charge is -2.44. The fourth-order valence-corrected chi connectivity index (χ4v) is 4.91. The normalized spacial score (nSPS) is 23.0. The minimum atomic E-state index is -0.983. The molecule has 2 fully saturated rings. The highest BCUT2D eigenvalue weighted by atomic mass is 19.1. The first-order valence-corrected chi connectivity index (χ1v) is 10.4. The number of ether oxygens (including phenoxy) is 1. The number of hydrogen-bond acceptors (Lipinski definition) is 3. The monoisotopic (exact) mass is 394 g/mol. The Morgan fingerprint density at radius 3 is 2.21 bits per heavy atom.